The van der Waals surface area contributed by atoms with Crippen molar-refractivity contribution < 1.29 is 4.79 Å². The number of hydrogen-bond acceptors (Lipinski definition) is 4. The Bertz CT molecular complexity index is 527. The molecule has 3 aliphatic heterocycles. The molecular weight excluding hydrogens is 276 g/mol. The maximum absolute atomic E-state index is 12.5. The van der Waals surface area contributed by atoms with E-state index in [4.69, 9.17) is 6.42 Å². The highest BCUT2D eigenvalue weighted by Crippen LogP contribution is 2.40. The zero-order chi connectivity index (χ0) is 15.2. The summed E-state index contributed by atoms with van der Waals surface area (Å²) in [5, 5.41) is 8.24. The molecule has 0 N–H and O–H groups in total. The molecule has 0 unspecified atom stereocenters. The Morgan fingerprint density at radius 2 is 2.00 bits per heavy atom. The van der Waals surface area contributed by atoms with Crippen molar-refractivity contribution in [3.05, 3.63) is 0 Å². The Balaban J connectivity index is 1.26. The summed E-state index contributed by atoms with van der Waals surface area (Å²) in [6.45, 7) is 2.03. The van der Waals surface area contributed by atoms with Gasteiger partial charge in [-0.05, 0) is 19.3 Å². The van der Waals surface area contributed by atoms with Crippen LogP contribution in [-0.2, 0) is 4.79 Å². The number of likely N-dealkylation sites (tertiary alicyclic amines) is 2. The summed E-state index contributed by atoms with van der Waals surface area (Å²) in [6.07, 6.45) is 13.3. The van der Waals surface area contributed by atoms with E-state index in [-0.39, 0.29) is 11.6 Å². The van der Waals surface area contributed by atoms with Gasteiger partial charge in [0.1, 0.15) is 0 Å². The van der Waals surface area contributed by atoms with Crippen molar-refractivity contribution in [2.24, 2.45) is 10.2 Å². The van der Waals surface area contributed by atoms with E-state index in [0.717, 1.165) is 32.0 Å². The molecule has 0 aromatic rings. The summed E-state index contributed by atoms with van der Waals surface area (Å²) >= 11 is 0. The van der Waals surface area contributed by atoms with Crippen LogP contribution in [-0.4, -0.2) is 52.6 Å². The second-order valence-electron chi connectivity index (χ2n) is 7.26. The van der Waals surface area contributed by atoms with Crippen molar-refractivity contribution in [2.75, 3.05) is 13.1 Å². The van der Waals surface area contributed by atoms with E-state index in [1.54, 1.807) is 0 Å². The number of amides is 1. The lowest BCUT2D eigenvalue weighted by atomic mass is 9.91. The average Bonchev–Trinajstić information content (AvgIpc) is 2.96. The van der Waals surface area contributed by atoms with Gasteiger partial charge in [0.25, 0.3) is 0 Å². The number of rotatable bonds is 6. The molecule has 0 aromatic heterocycles. The Hall–Kier alpha value is -1.41. The van der Waals surface area contributed by atoms with Crippen LogP contribution in [0.5, 0.6) is 0 Å². The van der Waals surface area contributed by atoms with E-state index in [0.29, 0.717) is 24.9 Å². The molecule has 2 bridgehead atoms. The van der Waals surface area contributed by atoms with Crippen LogP contribution in [0.15, 0.2) is 10.2 Å². The van der Waals surface area contributed by atoms with E-state index in [2.05, 4.69) is 25.9 Å². The molecular formula is C17H24N4O. The zero-order valence-corrected chi connectivity index (χ0v) is 13.1. The van der Waals surface area contributed by atoms with Gasteiger partial charge >= 0.3 is 0 Å². The fraction of sp³-hybridized carbons (Fsp3) is 0.824. The van der Waals surface area contributed by atoms with E-state index in [1.807, 2.05) is 0 Å². The maximum atomic E-state index is 12.5. The van der Waals surface area contributed by atoms with Gasteiger partial charge in [0, 0.05) is 56.9 Å². The first-order chi connectivity index (χ1) is 10.7. The van der Waals surface area contributed by atoms with Gasteiger partial charge in [0.2, 0.25) is 5.91 Å². The molecule has 22 heavy (non-hydrogen) atoms. The van der Waals surface area contributed by atoms with Crippen LogP contribution >= 0.6 is 0 Å². The van der Waals surface area contributed by atoms with Gasteiger partial charge in [-0.1, -0.05) is 6.42 Å². The Labute approximate surface area is 132 Å². The molecule has 5 heteroatoms. The van der Waals surface area contributed by atoms with Gasteiger partial charge < -0.3 is 4.90 Å². The number of carbonyl (C=O) groups excluding carboxylic acids is 1. The summed E-state index contributed by atoms with van der Waals surface area (Å²) in [4.78, 5) is 17.3. The maximum Gasteiger partial charge on any atom is 0.223 e. The number of piperazine rings is 1. The monoisotopic (exact) mass is 300 g/mol. The number of terminal acetylenes is 1. The molecule has 2 saturated heterocycles. The molecule has 2 atom stereocenters. The largest absolute Gasteiger partial charge is 0.337 e. The van der Waals surface area contributed by atoms with Crippen molar-refractivity contribution >= 4 is 5.91 Å². The van der Waals surface area contributed by atoms with E-state index >= 15 is 0 Å². The first kappa shape index (κ1) is 14.2. The van der Waals surface area contributed by atoms with Crippen LogP contribution in [0, 0.1) is 12.3 Å². The van der Waals surface area contributed by atoms with E-state index in [1.165, 1.54) is 25.7 Å². The fourth-order valence-corrected chi connectivity index (χ4v) is 4.29. The number of nitrogens with zero attached hydrogens (tertiary/aromatic N) is 4. The highest BCUT2D eigenvalue weighted by atomic mass is 16.2. The van der Waals surface area contributed by atoms with Crippen LogP contribution in [0.2, 0.25) is 0 Å². The molecule has 0 radical (unpaired) electrons. The lowest BCUT2D eigenvalue weighted by Gasteiger charge is -2.42. The van der Waals surface area contributed by atoms with Gasteiger partial charge in [-0.25, -0.2) is 0 Å². The zero-order valence-electron chi connectivity index (χ0n) is 13.1. The lowest BCUT2D eigenvalue weighted by molar-refractivity contribution is -0.134. The predicted molar refractivity (Wildman–Crippen MR) is 83.1 cm³/mol. The summed E-state index contributed by atoms with van der Waals surface area (Å²) in [7, 11) is 0. The van der Waals surface area contributed by atoms with Gasteiger partial charge in [0.05, 0.1) is 0 Å². The molecule has 118 valence electrons. The molecule has 3 fully saturated rings. The van der Waals surface area contributed by atoms with Gasteiger partial charge in [-0.15, -0.1) is 12.3 Å². The van der Waals surface area contributed by atoms with Crippen molar-refractivity contribution in [3.63, 3.8) is 0 Å². The van der Waals surface area contributed by atoms with Gasteiger partial charge in [0.15, 0.2) is 5.66 Å². The summed E-state index contributed by atoms with van der Waals surface area (Å²) in [6, 6.07) is 1.88. The summed E-state index contributed by atoms with van der Waals surface area (Å²) < 4.78 is 0. The van der Waals surface area contributed by atoms with Crippen LogP contribution in [0.3, 0.4) is 0 Å². The first-order valence-corrected chi connectivity index (χ1v) is 8.63. The van der Waals surface area contributed by atoms with Crippen molar-refractivity contribution in [3.8, 4) is 12.3 Å². The highest BCUT2D eigenvalue weighted by Gasteiger charge is 2.48. The number of hydrogen-bond donors (Lipinski definition) is 0. The third-order valence-electron chi connectivity index (χ3n) is 5.94. The standard InChI is InChI=1S/C17H24N4O/c1-2-3-8-17(18-19-17)9-7-16(22)21-12-14-10-15(21)11-20(14)13-5-4-6-13/h1,13-15H,3-12H2/t14-,15-/m0/s1. The third-order valence-corrected chi connectivity index (χ3v) is 5.94. The SMILES string of the molecule is C#CCCC1(CCC(=O)N2C[C@@H]3C[C@H]2CN3C2CCC2)N=N1. The van der Waals surface area contributed by atoms with Crippen LogP contribution < -0.4 is 0 Å². The molecule has 1 saturated carbocycles. The van der Waals surface area contributed by atoms with Gasteiger partial charge in [-0.2, -0.15) is 10.2 Å². The minimum Gasteiger partial charge on any atom is -0.337 e. The Morgan fingerprint density at radius 1 is 1.18 bits per heavy atom. The molecule has 0 spiro atoms. The molecule has 0 aromatic carbocycles. The van der Waals surface area contributed by atoms with Crippen LogP contribution in [0.25, 0.3) is 0 Å². The van der Waals surface area contributed by atoms with Crippen molar-refractivity contribution in [1.29, 1.82) is 0 Å². The highest BCUT2D eigenvalue weighted by molar-refractivity contribution is 5.77. The number of fused-ring (bicyclic) bond motifs is 2. The molecule has 3 heterocycles. The molecule has 5 nitrogen and oxygen atoms in total. The van der Waals surface area contributed by atoms with E-state index in [9.17, 15) is 4.79 Å². The Kier molecular flexibility index (Phi) is 3.45. The second-order valence-corrected chi connectivity index (χ2v) is 7.26. The van der Waals surface area contributed by atoms with Crippen LogP contribution in [0.4, 0.5) is 0 Å². The Morgan fingerprint density at radius 3 is 2.55 bits per heavy atom. The lowest BCUT2D eigenvalue weighted by Crippen LogP contribution is -2.53. The smallest absolute Gasteiger partial charge is 0.223 e. The topological polar surface area (TPSA) is 48.3 Å². The van der Waals surface area contributed by atoms with Crippen LogP contribution in [0.1, 0.15) is 51.4 Å². The molecule has 4 aliphatic rings. The third kappa shape index (κ3) is 2.44. The quantitative estimate of drug-likeness (QED) is 0.706. The normalized spacial score (nSPS) is 32.0. The molecule has 1 amide bonds. The minimum absolute atomic E-state index is 0.290. The number of carbonyl (C=O) groups is 1. The first-order valence-electron chi connectivity index (χ1n) is 8.63. The predicted octanol–water partition coefficient (Wildman–Crippen LogP) is 2.18. The fourth-order valence-electron chi connectivity index (χ4n) is 4.29. The summed E-state index contributed by atoms with van der Waals surface area (Å²) in [5.74, 6) is 2.92. The van der Waals surface area contributed by atoms with Crippen molar-refractivity contribution in [2.45, 2.75) is 75.2 Å². The summed E-state index contributed by atoms with van der Waals surface area (Å²) in [5.41, 5.74) is -0.321. The molecule has 1 aliphatic carbocycles. The van der Waals surface area contributed by atoms with Crippen molar-refractivity contribution in [1.82, 2.24) is 9.80 Å². The minimum atomic E-state index is -0.321. The second kappa shape index (κ2) is 5.34. The molecule has 4 rings (SSSR count). The van der Waals surface area contributed by atoms with Gasteiger partial charge in [-0.3, -0.25) is 9.69 Å². The van der Waals surface area contributed by atoms with E-state index < -0.39 is 0 Å². The average molecular weight is 300 g/mol.